The first-order chi connectivity index (χ1) is 11.5. The molecule has 6 nitrogen and oxygen atoms in total. The Hall–Kier alpha value is -1.78. The van der Waals surface area contributed by atoms with Gasteiger partial charge in [-0.05, 0) is 40.9 Å². The summed E-state index contributed by atoms with van der Waals surface area (Å²) < 4.78 is 1.05. The van der Waals surface area contributed by atoms with Gasteiger partial charge >= 0.3 is 6.03 Å². The van der Waals surface area contributed by atoms with Gasteiger partial charge in [0, 0.05) is 30.1 Å². The summed E-state index contributed by atoms with van der Waals surface area (Å²) in [5.74, 6) is 0. The molecule has 2 saturated heterocycles. The number of nitrogens with one attached hydrogen (secondary N) is 1. The van der Waals surface area contributed by atoms with Crippen LogP contribution in [0, 0.1) is 11.3 Å². The number of amides is 2. The summed E-state index contributed by atoms with van der Waals surface area (Å²) in [5, 5.41) is 22.1. The number of aliphatic hydroxyl groups is 1. The van der Waals surface area contributed by atoms with Crippen molar-refractivity contribution in [3.05, 3.63) is 28.7 Å². The number of hydrogen-bond donors (Lipinski definition) is 2. The van der Waals surface area contributed by atoms with Crippen LogP contribution in [0.15, 0.2) is 28.7 Å². The Morgan fingerprint density at radius 2 is 2.25 bits per heavy atom. The Morgan fingerprint density at radius 1 is 1.46 bits per heavy atom. The number of β-amino-alcohol motifs (C(OH)–C–C–N with tert-alkyl or cyclic N) is 1. The predicted octanol–water partition coefficient (Wildman–Crippen LogP) is 2.09. The molecular formula is C17H21BrN4O2. The molecule has 24 heavy (non-hydrogen) atoms. The van der Waals surface area contributed by atoms with Crippen molar-refractivity contribution in [3.8, 4) is 6.07 Å². The van der Waals surface area contributed by atoms with Gasteiger partial charge in [0.1, 0.15) is 0 Å². The van der Waals surface area contributed by atoms with Crippen molar-refractivity contribution in [1.29, 1.82) is 5.26 Å². The third-order valence-electron chi connectivity index (χ3n) is 4.74. The fourth-order valence-corrected chi connectivity index (χ4v) is 3.93. The van der Waals surface area contributed by atoms with Gasteiger partial charge in [-0.3, -0.25) is 0 Å². The number of urea groups is 1. The molecule has 0 aromatic heterocycles. The topological polar surface area (TPSA) is 79.6 Å². The van der Waals surface area contributed by atoms with Crippen LogP contribution in [0.4, 0.5) is 10.5 Å². The smallest absolute Gasteiger partial charge is 0.317 e. The van der Waals surface area contributed by atoms with Gasteiger partial charge in [0.05, 0.1) is 30.3 Å². The van der Waals surface area contributed by atoms with Crippen LogP contribution in [0.1, 0.15) is 19.3 Å². The van der Waals surface area contributed by atoms with E-state index in [0.717, 1.165) is 29.7 Å². The zero-order valence-corrected chi connectivity index (χ0v) is 15.0. The molecule has 128 valence electrons. The molecule has 2 heterocycles. The molecule has 2 aliphatic heterocycles. The van der Waals surface area contributed by atoms with Gasteiger partial charge in [-0.25, -0.2) is 4.79 Å². The van der Waals surface area contributed by atoms with Crippen molar-refractivity contribution in [1.82, 2.24) is 10.2 Å². The van der Waals surface area contributed by atoms with E-state index in [1.165, 1.54) is 0 Å². The lowest BCUT2D eigenvalue weighted by Gasteiger charge is -2.23. The maximum absolute atomic E-state index is 12.4. The number of hydrogen-bond acceptors (Lipinski definition) is 4. The summed E-state index contributed by atoms with van der Waals surface area (Å²) in [5.41, 5.74) is 0.0849. The number of para-hydroxylation sites is 1. The van der Waals surface area contributed by atoms with Crippen LogP contribution in [-0.2, 0) is 0 Å². The molecule has 0 aliphatic carbocycles. The Morgan fingerprint density at radius 3 is 3.00 bits per heavy atom. The summed E-state index contributed by atoms with van der Waals surface area (Å²) in [6, 6.07) is 10.0. The number of carbonyl (C=O) groups excluding carboxylic acids is 1. The Bertz CT molecular complexity index is 662. The van der Waals surface area contributed by atoms with Crippen molar-refractivity contribution in [2.45, 2.75) is 30.9 Å². The lowest BCUT2D eigenvalue weighted by atomic mass is 10.0. The minimum atomic E-state index is -1.05. The molecule has 2 atom stereocenters. The summed E-state index contributed by atoms with van der Waals surface area (Å²) in [6.45, 7) is 2.38. The molecule has 0 bridgehead atoms. The maximum Gasteiger partial charge on any atom is 0.317 e. The maximum atomic E-state index is 12.4. The van der Waals surface area contributed by atoms with Crippen molar-refractivity contribution in [2.24, 2.45) is 0 Å². The highest BCUT2D eigenvalue weighted by Crippen LogP contribution is 2.29. The van der Waals surface area contributed by atoms with Gasteiger partial charge in [0.2, 0.25) is 0 Å². The van der Waals surface area contributed by atoms with Gasteiger partial charge in [0.25, 0.3) is 0 Å². The average Bonchev–Trinajstić information content (AvgIpc) is 3.15. The molecule has 7 heteroatoms. The number of anilines is 1. The minimum Gasteiger partial charge on any atom is -0.387 e. The Labute approximate surface area is 150 Å². The Balaban J connectivity index is 1.54. The molecular weight excluding hydrogens is 372 g/mol. The van der Waals surface area contributed by atoms with Gasteiger partial charge < -0.3 is 20.2 Å². The third-order valence-corrected chi connectivity index (χ3v) is 5.41. The molecule has 2 fully saturated rings. The number of carbonyl (C=O) groups is 1. The van der Waals surface area contributed by atoms with E-state index < -0.39 is 5.60 Å². The number of rotatable bonds is 3. The molecule has 1 aromatic rings. The zero-order valence-electron chi connectivity index (χ0n) is 13.4. The predicted molar refractivity (Wildman–Crippen MR) is 94.7 cm³/mol. The lowest BCUT2D eigenvalue weighted by Crippen LogP contribution is -2.46. The van der Waals surface area contributed by atoms with Crippen LogP contribution in [-0.4, -0.2) is 53.9 Å². The van der Waals surface area contributed by atoms with E-state index in [2.05, 4.69) is 32.2 Å². The van der Waals surface area contributed by atoms with E-state index in [0.29, 0.717) is 13.0 Å². The second kappa shape index (κ2) is 6.99. The fourth-order valence-electron chi connectivity index (χ4n) is 3.39. The van der Waals surface area contributed by atoms with E-state index >= 15 is 0 Å². The molecule has 0 radical (unpaired) electrons. The number of benzene rings is 1. The lowest BCUT2D eigenvalue weighted by molar-refractivity contribution is 0.0570. The molecule has 0 saturated carbocycles. The third kappa shape index (κ3) is 3.65. The van der Waals surface area contributed by atoms with E-state index in [4.69, 9.17) is 5.26 Å². The minimum absolute atomic E-state index is 0.0655. The molecule has 2 unspecified atom stereocenters. The molecule has 2 amide bonds. The normalized spacial score (nSPS) is 26.5. The van der Waals surface area contributed by atoms with E-state index in [1.807, 2.05) is 24.3 Å². The van der Waals surface area contributed by atoms with Gasteiger partial charge in [-0.1, -0.05) is 12.1 Å². The summed E-state index contributed by atoms with van der Waals surface area (Å²) >= 11 is 3.57. The standard InChI is InChI=1S/C17H21BrN4O2/c18-14-3-1-2-4-15(14)21-9-5-13(11-21)20-16(23)22-10-7-17(24,12-22)6-8-19/h1-4,13,24H,5-7,9-12H2,(H,20,23). The highest BCUT2D eigenvalue weighted by molar-refractivity contribution is 9.10. The van der Waals surface area contributed by atoms with Crippen LogP contribution in [0.2, 0.25) is 0 Å². The molecule has 1 aromatic carbocycles. The van der Waals surface area contributed by atoms with E-state index in [9.17, 15) is 9.90 Å². The highest BCUT2D eigenvalue weighted by Gasteiger charge is 2.38. The molecule has 3 rings (SSSR count). The van der Waals surface area contributed by atoms with Crippen LogP contribution < -0.4 is 10.2 Å². The van der Waals surface area contributed by atoms with Gasteiger partial charge in [-0.2, -0.15) is 5.26 Å². The van der Waals surface area contributed by atoms with Crippen LogP contribution in [0.5, 0.6) is 0 Å². The number of halogens is 1. The van der Waals surface area contributed by atoms with Crippen LogP contribution in [0.3, 0.4) is 0 Å². The SMILES string of the molecule is N#CCC1(O)CCN(C(=O)NC2CCN(c3ccccc3Br)C2)C1. The fraction of sp³-hybridized carbons (Fsp3) is 0.529. The first-order valence-electron chi connectivity index (χ1n) is 8.15. The Kier molecular flexibility index (Phi) is 4.97. The van der Waals surface area contributed by atoms with E-state index in [1.54, 1.807) is 4.90 Å². The molecule has 0 spiro atoms. The molecule has 2 aliphatic rings. The van der Waals surface area contributed by atoms with Gasteiger partial charge in [0.15, 0.2) is 0 Å². The number of nitrogens with zero attached hydrogens (tertiary/aromatic N) is 3. The summed E-state index contributed by atoms with van der Waals surface area (Å²) in [4.78, 5) is 16.3. The van der Waals surface area contributed by atoms with Crippen LogP contribution in [0.25, 0.3) is 0 Å². The largest absolute Gasteiger partial charge is 0.387 e. The quantitative estimate of drug-likeness (QED) is 0.824. The average molecular weight is 393 g/mol. The monoisotopic (exact) mass is 392 g/mol. The highest BCUT2D eigenvalue weighted by atomic mass is 79.9. The van der Waals surface area contributed by atoms with Crippen molar-refractivity contribution in [2.75, 3.05) is 31.1 Å². The van der Waals surface area contributed by atoms with Gasteiger partial charge in [-0.15, -0.1) is 0 Å². The first kappa shape index (κ1) is 17.1. The van der Waals surface area contributed by atoms with E-state index in [-0.39, 0.29) is 25.0 Å². The van der Waals surface area contributed by atoms with Crippen LogP contribution >= 0.6 is 15.9 Å². The van der Waals surface area contributed by atoms with Crippen molar-refractivity contribution >= 4 is 27.6 Å². The number of nitriles is 1. The van der Waals surface area contributed by atoms with Crippen molar-refractivity contribution in [3.63, 3.8) is 0 Å². The molecule has 2 N–H and O–H groups in total. The zero-order chi connectivity index (χ0) is 17.2. The second-order valence-corrected chi connectivity index (χ2v) is 7.42. The summed E-state index contributed by atoms with van der Waals surface area (Å²) in [6.07, 6.45) is 1.42. The first-order valence-corrected chi connectivity index (χ1v) is 8.94. The second-order valence-electron chi connectivity index (χ2n) is 6.56. The number of likely N-dealkylation sites (tertiary alicyclic amines) is 1. The van der Waals surface area contributed by atoms with Crippen molar-refractivity contribution < 1.29 is 9.90 Å². The summed E-state index contributed by atoms with van der Waals surface area (Å²) in [7, 11) is 0.